The molecule has 20 heavy (non-hydrogen) atoms. The van der Waals surface area contributed by atoms with Crippen molar-refractivity contribution in [1.29, 1.82) is 0 Å². The highest BCUT2D eigenvalue weighted by Crippen LogP contribution is 2.15. The van der Waals surface area contributed by atoms with Crippen LogP contribution in [0.2, 0.25) is 0 Å². The van der Waals surface area contributed by atoms with E-state index in [4.69, 9.17) is 0 Å². The number of nitrogens with zero attached hydrogens (tertiary/aromatic N) is 4. The van der Waals surface area contributed by atoms with Crippen LogP contribution in [0.15, 0.2) is 30.5 Å². The van der Waals surface area contributed by atoms with Crippen LogP contribution in [0.3, 0.4) is 0 Å². The number of nitrogens with one attached hydrogen (secondary N) is 2. The molecule has 6 nitrogen and oxygen atoms in total. The van der Waals surface area contributed by atoms with E-state index in [9.17, 15) is 4.39 Å². The molecule has 106 valence electrons. The number of halogens is 1. The summed E-state index contributed by atoms with van der Waals surface area (Å²) in [5, 5.41) is 13.8. The predicted molar refractivity (Wildman–Crippen MR) is 76.6 cm³/mol. The third kappa shape index (κ3) is 4.43. The monoisotopic (exact) mass is 276 g/mol. The van der Waals surface area contributed by atoms with Gasteiger partial charge in [-0.25, -0.2) is 4.39 Å². The summed E-state index contributed by atoms with van der Waals surface area (Å²) in [6, 6.07) is 6.16. The zero-order valence-corrected chi connectivity index (χ0v) is 11.5. The molecule has 1 aromatic heterocycles. The third-order valence-corrected chi connectivity index (χ3v) is 2.50. The molecular formula is C13H17FN6. The van der Waals surface area contributed by atoms with Gasteiger partial charge in [-0.3, -0.25) is 0 Å². The van der Waals surface area contributed by atoms with Gasteiger partial charge in [0.05, 0.1) is 6.20 Å². The molecule has 1 aromatic carbocycles. The minimum absolute atomic E-state index is 0.304. The van der Waals surface area contributed by atoms with Crippen molar-refractivity contribution in [3.05, 3.63) is 36.3 Å². The van der Waals surface area contributed by atoms with Crippen molar-refractivity contribution in [1.82, 2.24) is 20.1 Å². The Bertz CT molecular complexity index is 560. The Balaban J connectivity index is 1.99. The van der Waals surface area contributed by atoms with Crippen molar-refractivity contribution in [2.45, 2.75) is 0 Å². The molecule has 2 N–H and O–H groups in total. The Morgan fingerprint density at radius 3 is 2.90 bits per heavy atom. The summed E-state index contributed by atoms with van der Waals surface area (Å²) in [6.45, 7) is 1.59. The number of aromatic nitrogens is 3. The van der Waals surface area contributed by atoms with E-state index in [2.05, 4.69) is 30.7 Å². The van der Waals surface area contributed by atoms with E-state index in [0.717, 1.165) is 13.1 Å². The second kappa shape index (κ2) is 6.76. The summed E-state index contributed by atoms with van der Waals surface area (Å²) < 4.78 is 13.1. The highest BCUT2D eigenvalue weighted by Gasteiger charge is 2.02. The van der Waals surface area contributed by atoms with Crippen molar-refractivity contribution in [3.8, 4) is 0 Å². The van der Waals surface area contributed by atoms with Crippen LogP contribution in [0.5, 0.6) is 0 Å². The highest BCUT2D eigenvalue weighted by molar-refractivity contribution is 5.55. The molecule has 0 spiro atoms. The van der Waals surface area contributed by atoms with Gasteiger partial charge in [0.15, 0.2) is 5.82 Å². The van der Waals surface area contributed by atoms with Gasteiger partial charge in [-0.05, 0) is 32.3 Å². The molecule has 7 heteroatoms. The molecule has 0 aliphatic rings. The third-order valence-electron chi connectivity index (χ3n) is 2.50. The van der Waals surface area contributed by atoms with Crippen molar-refractivity contribution in [3.63, 3.8) is 0 Å². The summed E-state index contributed by atoms with van der Waals surface area (Å²) in [7, 11) is 3.98. The number of anilines is 3. The van der Waals surface area contributed by atoms with Gasteiger partial charge in [0, 0.05) is 18.8 Å². The summed E-state index contributed by atoms with van der Waals surface area (Å²) in [4.78, 5) is 6.31. The molecular weight excluding hydrogens is 259 g/mol. The molecule has 0 aliphatic carbocycles. The second-order valence-corrected chi connectivity index (χ2v) is 4.53. The lowest BCUT2D eigenvalue weighted by molar-refractivity contribution is 0.425. The lowest BCUT2D eigenvalue weighted by Crippen LogP contribution is -2.21. The second-order valence-electron chi connectivity index (χ2n) is 4.53. The van der Waals surface area contributed by atoms with Gasteiger partial charge in [0.2, 0.25) is 5.95 Å². The Kier molecular flexibility index (Phi) is 4.78. The van der Waals surface area contributed by atoms with Crippen molar-refractivity contribution >= 4 is 17.5 Å². The summed E-state index contributed by atoms with van der Waals surface area (Å²) in [5.74, 6) is 0.646. The molecule has 0 amide bonds. The van der Waals surface area contributed by atoms with Gasteiger partial charge in [0.1, 0.15) is 5.82 Å². The molecule has 0 saturated heterocycles. The standard InChI is InChI=1S/C13H17FN6/c1-20(2)7-6-15-13-18-12(9-16-19-13)17-11-5-3-4-10(14)8-11/h3-5,8-9H,6-7H2,1-2H3,(H2,15,17,18,19). The van der Waals surface area contributed by atoms with Gasteiger partial charge in [-0.1, -0.05) is 6.07 Å². The lowest BCUT2D eigenvalue weighted by atomic mass is 10.3. The first-order valence-electron chi connectivity index (χ1n) is 6.24. The first kappa shape index (κ1) is 14.1. The normalized spacial score (nSPS) is 10.6. The van der Waals surface area contributed by atoms with Crippen molar-refractivity contribution in [2.24, 2.45) is 0 Å². The van der Waals surface area contributed by atoms with Crippen LogP contribution in [0.4, 0.5) is 21.8 Å². The summed E-state index contributed by atoms with van der Waals surface area (Å²) >= 11 is 0. The SMILES string of the molecule is CN(C)CCNc1nncc(Nc2cccc(F)c2)n1. The van der Waals surface area contributed by atoms with Gasteiger partial charge in [-0.15, -0.1) is 5.10 Å². The fraction of sp³-hybridized carbons (Fsp3) is 0.308. The fourth-order valence-corrected chi connectivity index (χ4v) is 1.54. The average molecular weight is 276 g/mol. The van der Waals surface area contributed by atoms with Crippen molar-refractivity contribution < 1.29 is 4.39 Å². The zero-order chi connectivity index (χ0) is 14.4. The van der Waals surface area contributed by atoms with E-state index in [1.165, 1.54) is 18.3 Å². The van der Waals surface area contributed by atoms with Crippen LogP contribution in [0, 0.1) is 5.82 Å². The lowest BCUT2D eigenvalue weighted by Gasteiger charge is -2.10. The highest BCUT2D eigenvalue weighted by atomic mass is 19.1. The zero-order valence-electron chi connectivity index (χ0n) is 11.5. The van der Waals surface area contributed by atoms with E-state index < -0.39 is 0 Å². The Labute approximate surface area is 117 Å². The van der Waals surface area contributed by atoms with Gasteiger partial charge < -0.3 is 15.5 Å². The van der Waals surface area contributed by atoms with Gasteiger partial charge >= 0.3 is 0 Å². The van der Waals surface area contributed by atoms with Crippen LogP contribution in [-0.2, 0) is 0 Å². The summed E-state index contributed by atoms with van der Waals surface area (Å²) in [5.41, 5.74) is 0.616. The number of hydrogen-bond acceptors (Lipinski definition) is 6. The smallest absolute Gasteiger partial charge is 0.244 e. The number of likely N-dealkylation sites (N-methyl/N-ethyl adjacent to an activating group) is 1. The number of rotatable bonds is 6. The van der Waals surface area contributed by atoms with E-state index in [0.29, 0.717) is 17.5 Å². The first-order chi connectivity index (χ1) is 9.63. The van der Waals surface area contributed by atoms with Crippen LogP contribution in [0.25, 0.3) is 0 Å². The maximum absolute atomic E-state index is 13.1. The fourth-order valence-electron chi connectivity index (χ4n) is 1.54. The molecule has 0 unspecified atom stereocenters. The van der Waals surface area contributed by atoms with Crippen molar-refractivity contribution in [2.75, 3.05) is 37.8 Å². The van der Waals surface area contributed by atoms with Gasteiger partial charge in [0.25, 0.3) is 0 Å². The molecule has 1 heterocycles. The topological polar surface area (TPSA) is 66.0 Å². The maximum atomic E-state index is 13.1. The van der Waals surface area contributed by atoms with E-state index in [-0.39, 0.29) is 5.82 Å². The molecule has 0 saturated carbocycles. The Morgan fingerprint density at radius 2 is 2.15 bits per heavy atom. The van der Waals surface area contributed by atoms with E-state index in [1.807, 2.05) is 14.1 Å². The van der Waals surface area contributed by atoms with Crippen LogP contribution >= 0.6 is 0 Å². The Morgan fingerprint density at radius 1 is 1.30 bits per heavy atom. The Hall–Kier alpha value is -2.28. The van der Waals surface area contributed by atoms with Crippen LogP contribution < -0.4 is 10.6 Å². The maximum Gasteiger partial charge on any atom is 0.244 e. The minimum Gasteiger partial charge on any atom is -0.352 e. The molecule has 0 fully saturated rings. The molecule has 2 rings (SSSR count). The van der Waals surface area contributed by atoms with E-state index in [1.54, 1.807) is 12.1 Å². The predicted octanol–water partition coefficient (Wildman–Crippen LogP) is 1.73. The van der Waals surface area contributed by atoms with Gasteiger partial charge in [-0.2, -0.15) is 10.1 Å². The molecule has 0 aliphatic heterocycles. The number of benzene rings is 1. The van der Waals surface area contributed by atoms with Crippen LogP contribution in [-0.4, -0.2) is 47.3 Å². The van der Waals surface area contributed by atoms with E-state index >= 15 is 0 Å². The quantitative estimate of drug-likeness (QED) is 0.837. The minimum atomic E-state index is -0.304. The molecule has 0 radical (unpaired) electrons. The van der Waals surface area contributed by atoms with Crippen LogP contribution in [0.1, 0.15) is 0 Å². The number of hydrogen-bond donors (Lipinski definition) is 2. The largest absolute Gasteiger partial charge is 0.352 e. The average Bonchev–Trinajstić information content (AvgIpc) is 2.39. The molecule has 2 aromatic rings. The molecule has 0 bridgehead atoms. The molecule has 0 atom stereocenters. The summed E-state index contributed by atoms with van der Waals surface area (Å²) in [6.07, 6.45) is 1.49. The first-order valence-corrected chi connectivity index (χ1v) is 6.24.